The molecular formula is C7H14O3. The van der Waals surface area contributed by atoms with E-state index in [1.54, 1.807) is 0 Å². The smallest absolute Gasteiger partial charge is 0.293 e. The minimum atomic E-state index is -0.481. The molecule has 0 saturated heterocycles. The molecule has 0 radical (unpaired) electrons. The molecule has 1 unspecified atom stereocenters. The number of hydrogen-bond acceptors (Lipinski definition) is 3. The number of unbranched alkanes of at least 4 members (excludes halogenated alkanes) is 1. The summed E-state index contributed by atoms with van der Waals surface area (Å²) in [7, 11) is 0. The van der Waals surface area contributed by atoms with Gasteiger partial charge in [0.15, 0.2) is 0 Å². The molecule has 60 valence electrons. The van der Waals surface area contributed by atoms with Gasteiger partial charge >= 0.3 is 0 Å². The standard InChI is InChI=1S/C7H14O3/c1-2-3-4-7(9)5-10-6-8/h6-7,9H,2-5H2,1H3. The van der Waals surface area contributed by atoms with Crippen LogP contribution in [0.15, 0.2) is 0 Å². The summed E-state index contributed by atoms with van der Waals surface area (Å²) in [6, 6.07) is 0. The second kappa shape index (κ2) is 6.55. The number of carbonyl (C=O) groups excluding carboxylic acids is 1. The van der Waals surface area contributed by atoms with E-state index in [0.717, 1.165) is 12.8 Å². The van der Waals surface area contributed by atoms with Crippen molar-refractivity contribution in [1.29, 1.82) is 0 Å². The van der Waals surface area contributed by atoms with Crippen molar-refractivity contribution in [1.82, 2.24) is 0 Å². The summed E-state index contributed by atoms with van der Waals surface area (Å²) in [5, 5.41) is 9.03. The molecule has 0 aliphatic carbocycles. The van der Waals surface area contributed by atoms with Crippen LogP contribution < -0.4 is 0 Å². The fraction of sp³-hybridized carbons (Fsp3) is 0.857. The van der Waals surface area contributed by atoms with Crippen LogP contribution in [0.25, 0.3) is 0 Å². The molecule has 1 N–H and O–H groups in total. The number of carbonyl (C=O) groups is 1. The first kappa shape index (κ1) is 9.43. The fourth-order valence-corrected chi connectivity index (χ4v) is 0.673. The predicted molar refractivity (Wildman–Crippen MR) is 37.5 cm³/mol. The van der Waals surface area contributed by atoms with Gasteiger partial charge in [0.2, 0.25) is 0 Å². The summed E-state index contributed by atoms with van der Waals surface area (Å²) in [5.41, 5.74) is 0. The van der Waals surface area contributed by atoms with Crippen molar-refractivity contribution < 1.29 is 14.6 Å². The van der Waals surface area contributed by atoms with Gasteiger partial charge in [0.1, 0.15) is 6.61 Å². The summed E-state index contributed by atoms with van der Waals surface area (Å²) in [5.74, 6) is 0. The minimum Gasteiger partial charge on any atom is -0.465 e. The van der Waals surface area contributed by atoms with Gasteiger partial charge in [0, 0.05) is 0 Å². The number of aliphatic hydroxyl groups is 1. The lowest BCUT2D eigenvalue weighted by Crippen LogP contribution is -2.14. The van der Waals surface area contributed by atoms with Gasteiger partial charge in [-0.2, -0.15) is 0 Å². The Hall–Kier alpha value is -0.570. The van der Waals surface area contributed by atoms with Gasteiger partial charge in [0.05, 0.1) is 6.10 Å². The lowest BCUT2D eigenvalue weighted by Gasteiger charge is -2.06. The number of rotatable bonds is 6. The summed E-state index contributed by atoms with van der Waals surface area (Å²) >= 11 is 0. The molecule has 3 heteroatoms. The largest absolute Gasteiger partial charge is 0.465 e. The Balaban J connectivity index is 3.07. The van der Waals surface area contributed by atoms with Crippen molar-refractivity contribution in [2.45, 2.75) is 32.3 Å². The molecule has 0 heterocycles. The Morgan fingerprint density at radius 1 is 1.70 bits per heavy atom. The van der Waals surface area contributed by atoms with Crippen molar-refractivity contribution in [3.63, 3.8) is 0 Å². The van der Waals surface area contributed by atoms with Crippen LogP contribution in [0.4, 0.5) is 0 Å². The van der Waals surface area contributed by atoms with Crippen LogP contribution in [0.3, 0.4) is 0 Å². The highest BCUT2D eigenvalue weighted by atomic mass is 16.5. The highest BCUT2D eigenvalue weighted by Gasteiger charge is 2.01. The van der Waals surface area contributed by atoms with E-state index in [1.807, 2.05) is 6.92 Å². The van der Waals surface area contributed by atoms with Crippen LogP contribution in [-0.4, -0.2) is 24.3 Å². The maximum Gasteiger partial charge on any atom is 0.293 e. The van der Waals surface area contributed by atoms with E-state index in [-0.39, 0.29) is 6.61 Å². The zero-order valence-corrected chi connectivity index (χ0v) is 6.25. The maximum atomic E-state index is 9.65. The fourth-order valence-electron chi connectivity index (χ4n) is 0.673. The molecule has 0 rings (SSSR count). The highest BCUT2D eigenvalue weighted by Crippen LogP contribution is 1.99. The van der Waals surface area contributed by atoms with Gasteiger partial charge in [-0.05, 0) is 6.42 Å². The van der Waals surface area contributed by atoms with Crippen LogP contribution >= 0.6 is 0 Å². The van der Waals surface area contributed by atoms with E-state index in [2.05, 4.69) is 4.74 Å². The highest BCUT2D eigenvalue weighted by molar-refractivity contribution is 5.36. The molecule has 10 heavy (non-hydrogen) atoms. The lowest BCUT2D eigenvalue weighted by atomic mass is 10.2. The normalized spacial score (nSPS) is 12.6. The van der Waals surface area contributed by atoms with Gasteiger partial charge in [0.25, 0.3) is 6.47 Å². The second-order valence-electron chi connectivity index (χ2n) is 2.23. The third kappa shape index (κ3) is 5.56. The molecule has 3 nitrogen and oxygen atoms in total. The van der Waals surface area contributed by atoms with Crippen molar-refractivity contribution in [2.75, 3.05) is 6.61 Å². The summed E-state index contributed by atoms with van der Waals surface area (Å²) in [4.78, 5) is 9.65. The number of hydrogen-bond donors (Lipinski definition) is 1. The van der Waals surface area contributed by atoms with Gasteiger partial charge in [-0.1, -0.05) is 19.8 Å². The number of ether oxygens (including phenoxy) is 1. The molecule has 0 amide bonds. The van der Waals surface area contributed by atoms with E-state index in [9.17, 15) is 4.79 Å². The van der Waals surface area contributed by atoms with Crippen molar-refractivity contribution in [3.8, 4) is 0 Å². The number of aliphatic hydroxyl groups excluding tert-OH is 1. The van der Waals surface area contributed by atoms with Gasteiger partial charge in [-0.3, -0.25) is 4.79 Å². The molecular weight excluding hydrogens is 132 g/mol. The van der Waals surface area contributed by atoms with Gasteiger partial charge < -0.3 is 9.84 Å². The first-order valence-corrected chi connectivity index (χ1v) is 3.54. The Labute approximate surface area is 61.0 Å². The lowest BCUT2D eigenvalue weighted by molar-refractivity contribution is -0.131. The quantitative estimate of drug-likeness (QED) is 0.561. The summed E-state index contributed by atoms with van der Waals surface area (Å²) in [6.07, 6.45) is 2.26. The molecule has 0 aromatic rings. The average molecular weight is 146 g/mol. The monoisotopic (exact) mass is 146 g/mol. The summed E-state index contributed by atoms with van der Waals surface area (Å²) in [6.45, 7) is 2.53. The third-order valence-corrected chi connectivity index (χ3v) is 1.25. The van der Waals surface area contributed by atoms with Gasteiger partial charge in [-0.15, -0.1) is 0 Å². The molecule has 0 bridgehead atoms. The molecule has 0 spiro atoms. The Kier molecular flexibility index (Phi) is 6.18. The third-order valence-electron chi connectivity index (χ3n) is 1.25. The van der Waals surface area contributed by atoms with Crippen LogP contribution in [0.2, 0.25) is 0 Å². The average Bonchev–Trinajstić information content (AvgIpc) is 1.97. The van der Waals surface area contributed by atoms with E-state index in [0.29, 0.717) is 12.9 Å². The zero-order valence-electron chi connectivity index (χ0n) is 6.25. The molecule has 0 saturated carbocycles. The van der Waals surface area contributed by atoms with Crippen LogP contribution in [-0.2, 0) is 9.53 Å². The maximum absolute atomic E-state index is 9.65. The summed E-state index contributed by atoms with van der Waals surface area (Å²) < 4.78 is 4.36. The molecule has 0 aromatic carbocycles. The minimum absolute atomic E-state index is 0.128. The Morgan fingerprint density at radius 2 is 2.40 bits per heavy atom. The van der Waals surface area contributed by atoms with Crippen molar-refractivity contribution >= 4 is 6.47 Å². The first-order chi connectivity index (χ1) is 4.81. The molecule has 0 aromatic heterocycles. The van der Waals surface area contributed by atoms with Crippen LogP contribution in [0, 0.1) is 0 Å². The Bertz CT molecular complexity index is 82.9. The zero-order chi connectivity index (χ0) is 7.82. The second-order valence-corrected chi connectivity index (χ2v) is 2.23. The van der Waals surface area contributed by atoms with E-state index in [1.165, 1.54) is 0 Å². The SMILES string of the molecule is CCCCC(O)COC=O. The van der Waals surface area contributed by atoms with Crippen LogP contribution in [0.5, 0.6) is 0 Å². The molecule has 1 atom stereocenters. The Morgan fingerprint density at radius 3 is 2.90 bits per heavy atom. The molecule has 0 aliphatic heterocycles. The van der Waals surface area contributed by atoms with Gasteiger partial charge in [-0.25, -0.2) is 0 Å². The molecule has 0 aliphatic rings. The van der Waals surface area contributed by atoms with Crippen molar-refractivity contribution in [3.05, 3.63) is 0 Å². The first-order valence-electron chi connectivity index (χ1n) is 3.54. The van der Waals surface area contributed by atoms with Crippen molar-refractivity contribution in [2.24, 2.45) is 0 Å². The molecule has 0 fully saturated rings. The van der Waals surface area contributed by atoms with E-state index < -0.39 is 6.10 Å². The van der Waals surface area contributed by atoms with E-state index >= 15 is 0 Å². The van der Waals surface area contributed by atoms with E-state index in [4.69, 9.17) is 5.11 Å². The topological polar surface area (TPSA) is 46.5 Å². The van der Waals surface area contributed by atoms with Crippen LogP contribution in [0.1, 0.15) is 26.2 Å². The predicted octanol–water partition coefficient (Wildman–Crippen LogP) is 0.710.